The van der Waals surface area contributed by atoms with Gasteiger partial charge in [0, 0.05) is 6.04 Å². The summed E-state index contributed by atoms with van der Waals surface area (Å²) in [5.41, 5.74) is 1.43. The van der Waals surface area contributed by atoms with Crippen molar-refractivity contribution in [2.45, 2.75) is 39.7 Å². The number of rotatable bonds is 6. The van der Waals surface area contributed by atoms with Crippen LogP contribution >= 0.6 is 0 Å². The van der Waals surface area contributed by atoms with Crippen LogP contribution in [-0.2, 0) is 0 Å². The molecule has 1 rings (SSSR count). The average molecular weight is 205 g/mol. The zero-order valence-electron chi connectivity index (χ0n) is 10.2. The van der Waals surface area contributed by atoms with Crippen molar-refractivity contribution in [3.05, 3.63) is 35.9 Å². The predicted molar refractivity (Wildman–Crippen MR) is 67.0 cm³/mol. The normalized spacial score (nSPS) is 13.1. The first-order valence-electron chi connectivity index (χ1n) is 6.08. The Balaban J connectivity index is 2.67. The molecule has 0 amide bonds. The van der Waals surface area contributed by atoms with Crippen molar-refractivity contribution in [2.24, 2.45) is 0 Å². The summed E-state index contributed by atoms with van der Waals surface area (Å²) in [6, 6.07) is 11.3. The van der Waals surface area contributed by atoms with Gasteiger partial charge in [-0.2, -0.15) is 0 Å². The molecule has 1 aromatic rings. The maximum absolute atomic E-state index is 2.56. The van der Waals surface area contributed by atoms with Crippen LogP contribution in [0, 0.1) is 0 Å². The van der Waals surface area contributed by atoms with E-state index in [1.54, 1.807) is 0 Å². The summed E-state index contributed by atoms with van der Waals surface area (Å²) in [4.78, 5) is 2.56. The first-order valence-corrected chi connectivity index (χ1v) is 6.08. The number of hydrogen-bond acceptors (Lipinski definition) is 1. The third-order valence-corrected chi connectivity index (χ3v) is 2.85. The van der Waals surface area contributed by atoms with Gasteiger partial charge in [0.15, 0.2) is 0 Å². The highest BCUT2D eigenvalue weighted by molar-refractivity contribution is 5.18. The highest BCUT2D eigenvalue weighted by atomic mass is 15.1. The molecule has 1 atom stereocenters. The lowest BCUT2D eigenvalue weighted by atomic mass is 10.1. The molecule has 0 spiro atoms. The molecule has 1 heteroatoms. The molecule has 0 fully saturated rings. The van der Waals surface area contributed by atoms with Gasteiger partial charge >= 0.3 is 0 Å². The predicted octanol–water partition coefficient (Wildman–Crippen LogP) is 3.87. The van der Waals surface area contributed by atoms with Crippen molar-refractivity contribution < 1.29 is 0 Å². The van der Waals surface area contributed by atoms with Crippen LogP contribution in [0.5, 0.6) is 0 Å². The fraction of sp³-hybridized carbons (Fsp3) is 0.571. The fourth-order valence-electron chi connectivity index (χ4n) is 2.02. The van der Waals surface area contributed by atoms with Gasteiger partial charge in [0.25, 0.3) is 0 Å². The molecule has 0 saturated heterocycles. The van der Waals surface area contributed by atoms with Gasteiger partial charge in [-0.1, -0.05) is 44.2 Å². The monoisotopic (exact) mass is 205 g/mol. The van der Waals surface area contributed by atoms with Gasteiger partial charge in [0.05, 0.1) is 0 Å². The Kier molecular flexibility index (Phi) is 5.41. The first-order chi connectivity index (χ1) is 7.29. The van der Waals surface area contributed by atoms with Gasteiger partial charge in [0.2, 0.25) is 0 Å². The first kappa shape index (κ1) is 12.3. The maximum atomic E-state index is 2.56. The summed E-state index contributed by atoms with van der Waals surface area (Å²) < 4.78 is 0. The summed E-state index contributed by atoms with van der Waals surface area (Å²) in [5.74, 6) is 0. The number of hydrogen-bond donors (Lipinski definition) is 0. The summed E-state index contributed by atoms with van der Waals surface area (Å²) >= 11 is 0. The van der Waals surface area contributed by atoms with Crippen LogP contribution in [-0.4, -0.2) is 18.0 Å². The largest absolute Gasteiger partial charge is 0.297 e. The van der Waals surface area contributed by atoms with E-state index in [0.29, 0.717) is 6.04 Å². The average Bonchev–Trinajstić information content (AvgIpc) is 2.29. The Labute approximate surface area is 94.1 Å². The molecule has 0 aromatic heterocycles. The Morgan fingerprint density at radius 1 is 1.00 bits per heavy atom. The molecule has 1 nitrogen and oxygen atoms in total. The second kappa shape index (κ2) is 6.62. The van der Waals surface area contributed by atoms with Crippen molar-refractivity contribution in [1.82, 2.24) is 4.90 Å². The van der Waals surface area contributed by atoms with Gasteiger partial charge in [-0.15, -0.1) is 0 Å². The zero-order valence-corrected chi connectivity index (χ0v) is 10.2. The summed E-state index contributed by atoms with van der Waals surface area (Å²) in [7, 11) is 0. The minimum Gasteiger partial charge on any atom is -0.297 e. The van der Waals surface area contributed by atoms with E-state index in [4.69, 9.17) is 0 Å². The van der Waals surface area contributed by atoms with Crippen LogP contribution in [0.15, 0.2) is 30.3 Å². The van der Waals surface area contributed by atoms with E-state index in [1.165, 1.54) is 31.5 Å². The molecule has 0 aliphatic carbocycles. The fourth-order valence-corrected chi connectivity index (χ4v) is 2.02. The third kappa shape index (κ3) is 3.67. The van der Waals surface area contributed by atoms with Crippen molar-refractivity contribution in [3.8, 4) is 0 Å². The van der Waals surface area contributed by atoms with E-state index >= 15 is 0 Å². The molecule has 0 aliphatic heterocycles. The van der Waals surface area contributed by atoms with Crippen molar-refractivity contribution in [2.75, 3.05) is 13.1 Å². The summed E-state index contributed by atoms with van der Waals surface area (Å²) in [5, 5.41) is 0. The van der Waals surface area contributed by atoms with Crippen LogP contribution in [0.3, 0.4) is 0 Å². The Morgan fingerprint density at radius 2 is 1.53 bits per heavy atom. The SMILES string of the molecule is CCCN(CCC)C(C)c1ccccc1. The molecule has 0 saturated carbocycles. The quantitative estimate of drug-likeness (QED) is 0.681. The van der Waals surface area contributed by atoms with E-state index in [0.717, 1.165) is 0 Å². The van der Waals surface area contributed by atoms with Gasteiger partial charge in [-0.3, -0.25) is 4.90 Å². The second-order valence-electron chi connectivity index (χ2n) is 4.12. The lowest BCUT2D eigenvalue weighted by molar-refractivity contribution is 0.211. The van der Waals surface area contributed by atoms with E-state index in [1.807, 2.05) is 0 Å². The molecule has 0 heterocycles. The van der Waals surface area contributed by atoms with Crippen LogP contribution in [0.2, 0.25) is 0 Å². The standard InChI is InChI=1S/C14H23N/c1-4-11-15(12-5-2)13(3)14-9-7-6-8-10-14/h6-10,13H,4-5,11-12H2,1-3H3. The lowest BCUT2D eigenvalue weighted by Crippen LogP contribution is -2.28. The van der Waals surface area contributed by atoms with Gasteiger partial charge < -0.3 is 0 Å². The molecule has 1 aromatic carbocycles. The van der Waals surface area contributed by atoms with Gasteiger partial charge in [-0.25, -0.2) is 0 Å². The molecule has 15 heavy (non-hydrogen) atoms. The van der Waals surface area contributed by atoms with Crippen molar-refractivity contribution in [1.29, 1.82) is 0 Å². The zero-order chi connectivity index (χ0) is 11.1. The molecule has 0 N–H and O–H groups in total. The minimum absolute atomic E-state index is 0.547. The molecule has 1 unspecified atom stereocenters. The Hall–Kier alpha value is -0.820. The van der Waals surface area contributed by atoms with Crippen molar-refractivity contribution >= 4 is 0 Å². The van der Waals surface area contributed by atoms with Gasteiger partial charge in [-0.05, 0) is 38.4 Å². The Bertz CT molecular complexity index is 249. The highest BCUT2D eigenvalue weighted by Crippen LogP contribution is 2.19. The molecule has 0 radical (unpaired) electrons. The topological polar surface area (TPSA) is 3.24 Å². The van der Waals surface area contributed by atoms with E-state index in [9.17, 15) is 0 Å². The number of benzene rings is 1. The molecule has 0 aliphatic rings. The molecule has 0 bridgehead atoms. The van der Waals surface area contributed by atoms with Crippen LogP contribution in [0.25, 0.3) is 0 Å². The number of nitrogens with zero attached hydrogens (tertiary/aromatic N) is 1. The highest BCUT2D eigenvalue weighted by Gasteiger charge is 2.13. The van der Waals surface area contributed by atoms with Crippen LogP contribution in [0.1, 0.15) is 45.2 Å². The molecule has 84 valence electrons. The summed E-state index contributed by atoms with van der Waals surface area (Å²) in [6.45, 7) is 9.20. The maximum Gasteiger partial charge on any atom is 0.0319 e. The lowest BCUT2D eigenvalue weighted by Gasteiger charge is -2.28. The van der Waals surface area contributed by atoms with Crippen molar-refractivity contribution in [3.63, 3.8) is 0 Å². The second-order valence-corrected chi connectivity index (χ2v) is 4.12. The molecular formula is C14H23N. The smallest absolute Gasteiger partial charge is 0.0319 e. The van der Waals surface area contributed by atoms with E-state index in [-0.39, 0.29) is 0 Å². The van der Waals surface area contributed by atoms with Crippen LogP contribution in [0.4, 0.5) is 0 Å². The minimum atomic E-state index is 0.547. The summed E-state index contributed by atoms with van der Waals surface area (Å²) in [6.07, 6.45) is 2.47. The third-order valence-electron chi connectivity index (χ3n) is 2.85. The van der Waals surface area contributed by atoms with Gasteiger partial charge in [0.1, 0.15) is 0 Å². The van der Waals surface area contributed by atoms with Crippen LogP contribution < -0.4 is 0 Å². The molecular weight excluding hydrogens is 182 g/mol. The van der Waals surface area contributed by atoms with E-state index in [2.05, 4.69) is 56.0 Å². The Morgan fingerprint density at radius 3 is 2.00 bits per heavy atom. The van der Waals surface area contributed by atoms with E-state index < -0.39 is 0 Å².